The molecule has 0 bridgehead atoms. The van der Waals surface area contributed by atoms with E-state index in [0.29, 0.717) is 5.56 Å². The average Bonchev–Trinajstić information content (AvgIpc) is 2.46. The molecule has 94 valence electrons. The van der Waals surface area contributed by atoms with Gasteiger partial charge in [-0.3, -0.25) is 9.69 Å². The number of carbonyl (C=O) groups is 1. The summed E-state index contributed by atoms with van der Waals surface area (Å²) >= 11 is 0. The number of hydrogen-bond donors (Lipinski definition) is 0. The van der Waals surface area contributed by atoms with Crippen molar-refractivity contribution in [3.05, 3.63) is 65.7 Å². The van der Waals surface area contributed by atoms with E-state index in [9.17, 15) is 4.79 Å². The third-order valence-electron chi connectivity index (χ3n) is 2.84. The molecule has 0 saturated carbocycles. The molecule has 2 aromatic carbocycles. The number of aryl methyl sites for hydroxylation is 1. The first-order chi connectivity index (χ1) is 9.22. The minimum atomic E-state index is -0.161. The van der Waals surface area contributed by atoms with Crippen LogP contribution >= 0.6 is 0 Å². The van der Waals surface area contributed by atoms with Crippen molar-refractivity contribution in [2.75, 3.05) is 11.4 Å². The van der Waals surface area contributed by atoms with Gasteiger partial charge in [0.15, 0.2) is 0 Å². The molecule has 0 radical (unpaired) electrons. The second-order valence-electron chi connectivity index (χ2n) is 4.25. The first-order valence-corrected chi connectivity index (χ1v) is 6.03. The molecule has 2 aromatic rings. The zero-order valence-electron chi connectivity index (χ0n) is 10.7. The van der Waals surface area contributed by atoms with Crippen LogP contribution in [0.4, 0.5) is 5.69 Å². The standard InChI is InChI=1S/C16H14N2O/c1-13-7-9-15(10-8-13)18(12-11-17)16(19)14-5-3-2-4-6-14/h2-10H,12H2,1H3. The number of nitriles is 1. The second-order valence-corrected chi connectivity index (χ2v) is 4.25. The smallest absolute Gasteiger partial charge is 0.259 e. The summed E-state index contributed by atoms with van der Waals surface area (Å²) < 4.78 is 0. The van der Waals surface area contributed by atoms with Crippen LogP contribution in [0.3, 0.4) is 0 Å². The van der Waals surface area contributed by atoms with Gasteiger partial charge in [0.1, 0.15) is 6.54 Å². The number of hydrogen-bond acceptors (Lipinski definition) is 2. The Morgan fingerprint density at radius 1 is 1.11 bits per heavy atom. The van der Waals surface area contributed by atoms with Crippen LogP contribution in [0.25, 0.3) is 0 Å². The van der Waals surface area contributed by atoms with E-state index in [1.807, 2.05) is 55.5 Å². The second kappa shape index (κ2) is 5.83. The SMILES string of the molecule is Cc1ccc(N(CC#N)C(=O)c2ccccc2)cc1. The number of amides is 1. The Bertz CT molecular complexity index is 597. The van der Waals surface area contributed by atoms with Gasteiger partial charge in [0.25, 0.3) is 5.91 Å². The van der Waals surface area contributed by atoms with Gasteiger partial charge in [0, 0.05) is 11.3 Å². The van der Waals surface area contributed by atoms with E-state index in [1.165, 1.54) is 4.90 Å². The Morgan fingerprint density at radius 2 is 1.74 bits per heavy atom. The summed E-state index contributed by atoms with van der Waals surface area (Å²) in [5.74, 6) is -0.161. The maximum Gasteiger partial charge on any atom is 0.259 e. The summed E-state index contributed by atoms with van der Waals surface area (Å²) in [5, 5.41) is 8.90. The van der Waals surface area contributed by atoms with Crippen LogP contribution in [0.2, 0.25) is 0 Å². The molecule has 0 aliphatic heterocycles. The van der Waals surface area contributed by atoms with Gasteiger partial charge in [-0.25, -0.2) is 0 Å². The number of anilines is 1. The minimum absolute atomic E-state index is 0.0385. The van der Waals surface area contributed by atoms with Crippen molar-refractivity contribution < 1.29 is 4.79 Å². The third kappa shape index (κ3) is 2.99. The average molecular weight is 250 g/mol. The highest BCUT2D eigenvalue weighted by Gasteiger charge is 2.16. The summed E-state index contributed by atoms with van der Waals surface area (Å²) in [7, 11) is 0. The van der Waals surface area contributed by atoms with Gasteiger partial charge in [-0.1, -0.05) is 35.9 Å². The summed E-state index contributed by atoms with van der Waals surface area (Å²) in [6.07, 6.45) is 0. The van der Waals surface area contributed by atoms with E-state index in [1.54, 1.807) is 12.1 Å². The van der Waals surface area contributed by atoms with Gasteiger partial charge < -0.3 is 0 Å². The van der Waals surface area contributed by atoms with Crippen molar-refractivity contribution in [1.82, 2.24) is 0 Å². The predicted molar refractivity (Wildman–Crippen MR) is 74.9 cm³/mol. The number of rotatable bonds is 3. The lowest BCUT2D eigenvalue weighted by Gasteiger charge is -2.20. The van der Waals surface area contributed by atoms with Crippen molar-refractivity contribution in [2.24, 2.45) is 0 Å². The first kappa shape index (κ1) is 12.8. The monoisotopic (exact) mass is 250 g/mol. The molecule has 0 aliphatic carbocycles. The van der Waals surface area contributed by atoms with Gasteiger partial charge in [-0.2, -0.15) is 5.26 Å². The number of nitrogens with zero attached hydrogens (tertiary/aromatic N) is 2. The fourth-order valence-corrected chi connectivity index (χ4v) is 1.81. The van der Waals surface area contributed by atoms with E-state index >= 15 is 0 Å². The quantitative estimate of drug-likeness (QED) is 0.785. The van der Waals surface area contributed by atoms with Crippen molar-refractivity contribution in [3.8, 4) is 6.07 Å². The molecule has 0 spiro atoms. The van der Waals surface area contributed by atoms with Crippen LogP contribution in [0, 0.1) is 18.3 Å². The lowest BCUT2D eigenvalue weighted by atomic mass is 10.1. The number of carbonyl (C=O) groups excluding carboxylic acids is 1. The lowest BCUT2D eigenvalue weighted by Crippen LogP contribution is -2.31. The molecular weight excluding hydrogens is 236 g/mol. The molecule has 2 rings (SSSR count). The molecule has 19 heavy (non-hydrogen) atoms. The summed E-state index contributed by atoms with van der Waals surface area (Å²) in [6, 6.07) is 18.6. The van der Waals surface area contributed by atoms with Gasteiger partial charge in [0.05, 0.1) is 6.07 Å². The van der Waals surface area contributed by atoms with Gasteiger partial charge in [0.2, 0.25) is 0 Å². The van der Waals surface area contributed by atoms with E-state index in [2.05, 4.69) is 0 Å². The van der Waals surface area contributed by atoms with Crippen LogP contribution in [0.5, 0.6) is 0 Å². The Balaban J connectivity index is 2.33. The van der Waals surface area contributed by atoms with Gasteiger partial charge in [-0.15, -0.1) is 0 Å². The molecule has 3 nitrogen and oxygen atoms in total. The van der Waals surface area contributed by atoms with Crippen LogP contribution in [0.15, 0.2) is 54.6 Å². The van der Waals surface area contributed by atoms with E-state index in [4.69, 9.17) is 5.26 Å². The Hall–Kier alpha value is -2.60. The fourth-order valence-electron chi connectivity index (χ4n) is 1.81. The largest absolute Gasteiger partial charge is 0.295 e. The highest BCUT2D eigenvalue weighted by Crippen LogP contribution is 2.17. The highest BCUT2D eigenvalue weighted by molar-refractivity contribution is 6.06. The summed E-state index contributed by atoms with van der Waals surface area (Å²) in [4.78, 5) is 13.9. The van der Waals surface area contributed by atoms with Gasteiger partial charge in [-0.05, 0) is 31.2 Å². The molecule has 1 amide bonds. The molecule has 0 aliphatic rings. The van der Waals surface area contributed by atoms with Crippen LogP contribution in [0.1, 0.15) is 15.9 Å². The summed E-state index contributed by atoms with van der Waals surface area (Å²) in [5.41, 5.74) is 2.44. The number of benzene rings is 2. The maximum atomic E-state index is 12.4. The Morgan fingerprint density at radius 3 is 2.32 bits per heavy atom. The molecule has 0 fully saturated rings. The predicted octanol–water partition coefficient (Wildman–Crippen LogP) is 3.17. The van der Waals surface area contributed by atoms with E-state index in [0.717, 1.165) is 11.3 Å². The first-order valence-electron chi connectivity index (χ1n) is 6.03. The molecular formula is C16H14N2O. The molecule has 0 saturated heterocycles. The molecule has 0 aromatic heterocycles. The van der Waals surface area contributed by atoms with E-state index < -0.39 is 0 Å². The van der Waals surface area contributed by atoms with Crippen molar-refractivity contribution >= 4 is 11.6 Å². The Kier molecular flexibility index (Phi) is 3.94. The maximum absolute atomic E-state index is 12.4. The van der Waals surface area contributed by atoms with Crippen molar-refractivity contribution in [1.29, 1.82) is 5.26 Å². The minimum Gasteiger partial charge on any atom is -0.295 e. The summed E-state index contributed by atoms with van der Waals surface area (Å²) in [6.45, 7) is 2.02. The Labute approximate surface area is 112 Å². The third-order valence-corrected chi connectivity index (χ3v) is 2.84. The van der Waals surface area contributed by atoms with Crippen LogP contribution in [-0.4, -0.2) is 12.5 Å². The zero-order valence-corrected chi connectivity index (χ0v) is 10.7. The van der Waals surface area contributed by atoms with Crippen LogP contribution in [-0.2, 0) is 0 Å². The molecule has 0 N–H and O–H groups in total. The topological polar surface area (TPSA) is 44.1 Å². The van der Waals surface area contributed by atoms with Crippen molar-refractivity contribution in [3.63, 3.8) is 0 Å². The molecule has 3 heteroatoms. The lowest BCUT2D eigenvalue weighted by molar-refractivity contribution is 0.0990. The molecule has 0 atom stereocenters. The molecule has 0 unspecified atom stereocenters. The zero-order chi connectivity index (χ0) is 13.7. The normalized spacial score (nSPS) is 9.68. The van der Waals surface area contributed by atoms with Gasteiger partial charge >= 0.3 is 0 Å². The highest BCUT2D eigenvalue weighted by atomic mass is 16.2. The fraction of sp³-hybridized carbons (Fsp3) is 0.125. The van der Waals surface area contributed by atoms with E-state index in [-0.39, 0.29) is 12.5 Å². The van der Waals surface area contributed by atoms with Crippen LogP contribution < -0.4 is 4.90 Å². The molecule has 0 heterocycles. The van der Waals surface area contributed by atoms with Crippen molar-refractivity contribution in [2.45, 2.75) is 6.92 Å².